The molecule has 2 aromatic rings. The van der Waals surface area contributed by atoms with Crippen LogP contribution in [0.4, 0.5) is 14.5 Å². The smallest absolute Gasteiger partial charge is 0.232 e. The second-order valence-corrected chi connectivity index (χ2v) is 5.26. The van der Waals surface area contributed by atoms with Gasteiger partial charge >= 0.3 is 0 Å². The lowest BCUT2D eigenvalue weighted by Gasteiger charge is -2.24. The van der Waals surface area contributed by atoms with E-state index in [0.717, 1.165) is 48.6 Å². The van der Waals surface area contributed by atoms with Gasteiger partial charge < -0.3 is 5.32 Å². The van der Waals surface area contributed by atoms with Crippen LogP contribution < -0.4 is 5.32 Å². The summed E-state index contributed by atoms with van der Waals surface area (Å²) < 4.78 is 26.8. The SMILES string of the molecule is O=C(Nc1cc(F)ccc1F)C1CCCc2ccccc21. The first-order chi connectivity index (χ1) is 10.1. The van der Waals surface area contributed by atoms with E-state index in [4.69, 9.17) is 0 Å². The van der Waals surface area contributed by atoms with Gasteiger partial charge in [-0.05, 0) is 42.5 Å². The molecule has 1 aliphatic rings. The zero-order valence-electron chi connectivity index (χ0n) is 11.4. The van der Waals surface area contributed by atoms with Crippen molar-refractivity contribution in [1.29, 1.82) is 0 Å². The second-order valence-electron chi connectivity index (χ2n) is 5.26. The van der Waals surface area contributed by atoms with Crippen molar-refractivity contribution in [3.8, 4) is 0 Å². The summed E-state index contributed by atoms with van der Waals surface area (Å²) in [6.07, 6.45) is 2.59. The van der Waals surface area contributed by atoms with Gasteiger partial charge in [0, 0.05) is 6.07 Å². The molecule has 1 unspecified atom stereocenters. The van der Waals surface area contributed by atoms with Crippen LogP contribution in [0.25, 0.3) is 0 Å². The molecule has 0 heterocycles. The lowest BCUT2D eigenvalue weighted by molar-refractivity contribution is -0.117. The lowest BCUT2D eigenvalue weighted by atomic mass is 9.82. The number of halogens is 2. The van der Waals surface area contributed by atoms with E-state index in [9.17, 15) is 13.6 Å². The van der Waals surface area contributed by atoms with Crippen LogP contribution in [0.3, 0.4) is 0 Å². The average Bonchev–Trinajstić information content (AvgIpc) is 2.50. The number of carbonyl (C=O) groups excluding carboxylic acids is 1. The molecule has 0 aromatic heterocycles. The molecule has 4 heteroatoms. The summed E-state index contributed by atoms with van der Waals surface area (Å²) >= 11 is 0. The van der Waals surface area contributed by atoms with Gasteiger partial charge in [0.1, 0.15) is 11.6 Å². The van der Waals surface area contributed by atoms with Crippen LogP contribution >= 0.6 is 0 Å². The van der Waals surface area contributed by atoms with Gasteiger partial charge in [0.25, 0.3) is 0 Å². The number of hydrogen-bond donors (Lipinski definition) is 1. The highest BCUT2D eigenvalue weighted by Crippen LogP contribution is 2.32. The Morgan fingerprint density at radius 2 is 1.95 bits per heavy atom. The second kappa shape index (κ2) is 5.64. The maximum absolute atomic E-state index is 13.6. The van der Waals surface area contributed by atoms with Gasteiger partial charge in [-0.2, -0.15) is 0 Å². The van der Waals surface area contributed by atoms with Crippen LogP contribution in [0.2, 0.25) is 0 Å². The zero-order valence-corrected chi connectivity index (χ0v) is 11.4. The minimum atomic E-state index is -0.631. The Balaban J connectivity index is 1.85. The average molecular weight is 287 g/mol. The Morgan fingerprint density at radius 3 is 2.81 bits per heavy atom. The molecule has 108 valence electrons. The third-order valence-electron chi connectivity index (χ3n) is 3.87. The van der Waals surface area contributed by atoms with Gasteiger partial charge in [0.05, 0.1) is 11.6 Å². The predicted octanol–water partition coefficient (Wildman–Crippen LogP) is 4.02. The Hall–Kier alpha value is -2.23. The molecular formula is C17H15F2NO. The maximum atomic E-state index is 13.6. The van der Waals surface area contributed by atoms with Crippen LogP contribution in [0.15, 0.2) is 42.5 Å². The molecule has 0 fully saturated rings. The van der Waals surface area contributed by atoms with E-state index in [2.05, 4.69) is 5.32 Å². The summed E-state index contributed by atoms with van der Waals surface area (Å²) in [4.78, 5) is 12.4. The third-order valence-corrected chi connectivity index (χ3v) is 3.87. The monoisotopic (exact) mass is 287 g/mol. The first-order valence-corrected chi connectivity index (χ1v) is 6.99. The molecule has 1 N–H and O–H groups in total. The van der Waals surface area contributed by atoms with Crippen molar-refractivity contribution in [3.05, 3.63) is 65.2 Å². The van der Waals surface area contributed by atoms with E-state index in [0.29, 0.717) is 0 Å². The molecule has 0 saturated carbocycles. The van der Waals surface area contributed by atoms with E-state index in [-0.39, 0.29) is 17.5 Å². The number of aryl methyl sites for hydroxylation is 1. The molecule has 0 spiro atoms. The highest BCUT2D eigenvalue weighted by Gasteiger charge is 2.26. The van der Waals surface area contributed by atoms with E-state index in [1.807, 2.05) is 24.3 Å². The Bertz CT molecular complexity index is 684. The normalized spacial score (nSPS) is 17.1. The van der Waals surface area contributed by atoms with E-state index in [1.165, 1.54) is 0 Å². The number of amides is 1. The molecule has 21 heavy (non-hydrogen) atoms. The van der Waals surface area contributed by atoms with Crippen molar-refractivity contribution in [2.24, 2.45) is 0 Å². The molecule has 0 radical (unpaired) electrons. The zero-order chi connectivity index (χ0) is 14.8. The molecule has 1 aliphatic carbocycles. The van der Waals surface area contributed by atoms with Crippen LogP contribution in [-0.2, 0) is 11.2 Å². The van der Waals surface area contributed by atoms with Gasteiger partial charge in [-0.3, -0.25) is 4.79 Å². The Kier molecular flexibility index (Phi) is 3.69. The van der Waals surface area contributed by atoms with Crippen molar-refractivity contribution in [1.82, 2.24) is 0 Å². The van der Waals surface area contributed by atoms with Gasteiger partial charge in [-0.15, -0.1) is 0 Å². The lowest BCUT2D eigenvalue weighted by Crippen LogP contribution is -2.25. The molecule has 0 aliphatic heterocycles. The van der Waals surface area contributed by atoms with Gasteiger partial charge in [-0.25, -0.2) is 8.78 Å². The van der Waals surface area contributed by atoms with E-state index in [1.54, 1.807) is 0 Å². The van der Waals surface area contributed by atoms with Crippen LogP contribution in [0.5, 0.6) is 0 Å². The predicted molar refractivity (Wildman–Crippen MR) is 77.1 cm³/mol. The Labute approximate surface area is 121 Å². The fourth-order valence-corrected chi connectivity index (χ4v) is 2.84. The van der Waals surface area contributed by atoms with Crippen LogP contribution in [-0.4, -0.2) is 5.91 Å². The van der Waals surface area contributed by atoms with Crippen molar-refractivity contribution < 1.29 is 13.6 Å². The summed E-state index contributed by atoms with van der Waals surface area (Å²) in [7, 11) is 0. The number of hydrogen-bond acceptors (Lipinski definition) is 1. The van der Waals surface area contributed by atoms with Crippen LogP contribution in [0, 0.1) is 11.6 Å². The van der Waals surface area contributed by atoms with Crippen molar-refractivity contribution in [2.45, 2.75) is 25.2 Å². The standard InChI is InChI=1S/C17H15F2NO/c18-12-8-9-15(19)16(10-12)20-17(21)14-7-3-5-11-4-1-2-6-13(11)14/h1-2,4,6,8-10,14H,3,5,7H2,(H,20,21). The number of fused-ring (bicyclic) bond motifs is 1. The minimum Gasteiger partial charge on any atom is -0.323 e. The summed E-state index contributed by atoms with van der Waals surface area (Å²) in [5.41, 5.74) is 2.03. The number of nitrogens with one attached hydrogen (secondary N) is 1. The minimum absolute atomic E-state index is 0.108. The van der Waals surface area contributed by atoms with E-state index >= 15 is 0 Å². The summed E-state index contributed by atoms with van der Waals surface area (Å²) in [5.74, 6) is -1.80. The molecular weight excluding hydrogens is 272 g/mol. The fraction of sp³-hybridized carbons (Fsp3) is 0.235. The Morgan fingerprint density at radius 1 is 1.14 bits per heavy atom. The van der Waals surface area contributed by atoms with Gasteiger partial charge in [-0.1, -0.05) is 24.3 Å². The molecule has 2 aromatic carbocycles. The summed E-state index contributed by atoms with van der Waals surface area (Å²) in [6.45, 7) is 0. The molecule has 0 bridgehead atoms. The summed E-state index contributed by atoms with van der Waals surface area (Å²) in [5, 5.41) is 2.51. The highest BCUT2D eigenvalue weighted by atomic mass is 19.1. The van der Waals surface area contributed by atoms with Gasteiger partial charge in [0.15, 0.2) is 0 Å². The van der Waals surface area contributed by atoms with Gasteiger partial charge in [0.2, 0.25) is 5.91 Å². The van der Waals surface area contributed by atoms with Crippen molar-refractivity contribution >= 4 is 11.6 Å². The first-order valence-electron chi connectivity index (χ1n) is 6.99. The molecule has 3 rings (SSSR count). The fourth-order valence-electron chi connectivity index (χ4n) is 2.84. The highest BCUT2D eigenvalue weighted by molar-refractivity contribution is 5.96. The topological polar surface area (TPSA) is 29.1 Å². The number of benzene rings is 2. The molecule has 1 amide bonds. The number of carbonyl (C=O) groups is 1. The van der Waals surface area contributed by atoms with Crippen molar-refractivity contribution in [3.63, 3.8) is 0 Å². The molecule has 0 saturated heterocycles. The first kappa shape index (κ1) is 13.7. The summed E-state index contributed by atoms with van der Waals surface area (Å²) in [6, 6.07) is 10.8. The van der Waals surface area contributed by atoms with Crippen molar-refractivity contribution in [2.75, 3.05) is 5.32 Å². The van der Waals surface area contributed by atoms with Crippen LogP contribution in [0.1, 0.15) is 29.9 Å². The number of rotatable bonds is 2. The third kappa shape index (κ3) is 2.79. The maximum Gasteiger partial charge on any atom is 0.232 e. The number of anilines is 1. The molecule has 1 atom stereocenters. The van der Waals surface area contributed by atoms with E-state index < -0.39 is 11.6 Å². The molecule has 2 nitrogen and oxygen atoms in total. The largest absolute Gasteiger partial charge is 0.323 e. The quantitative estimate of drug-likeness (QED) is 0.888.